The van der Waals surface area contributed by atoms with E-state index in [1.165, 1.54) is 6.07 Å². The first-order valence-electron chi connectivity index (χ1n) is 6.04. The molecule has 0 atom stereocenters. The zero-order valence-corrected chi connectivity index (χ0v) is 10.6. The summed E-state index contributed by atoms with van der Waals surface area (Å²) in [5.41, 5.74) is 4.31. The van der Waals surface area contributed by atoms with E-state index in [2.05, 4.69) is 15.3 Å². The fourth-order valence-corrected chi connectivity index (χ4v) is 1.87. The SMILES string of the molecule is Nc1cc(NCC2(O)CCOCC2)nc(C(F)(F)F)n1. The zero-order valence-electron chi connectivity index (χ0n) is 10.6. The van der Waals surface area contributed by atoms with Crippen molar-refractivity contribution in [3.63, 3.8) is 0 Å². The zero-order chi connectivity index (χ0) is 14.8. The highest BCUT2D eigenvalue weighted by Crippen LogP contribution is 2.28. The molecule has 1 aliphatic rings. The van der Waals surface area contributed by atoms with E-state index < -0.39 is 17.6 Å². The number of nitrogens with two attached hydrogens (primary N) is 1. The van der Waals surface area contributed by atoms with Gasteiger partial charge in [0, 0.05) is 38.7 Å². The number of alkyl halides is 3. The van der Waals surface area contributed by atoms with Gasteiger partial charge in [0.05, 0.1) is 5.60 Å². The summed E-state index contributed by atoms with van der Waals surface area (Å²) < 4.78 is 42.7. The highest BCUT2D eigenvalue weighted by atomic mass is 19.4. The van der Waals surface area contributed by atoms with Gasteiger partial charge < -0.3 is 20.9 Å². The van der Waals surface area contributed by atoms with Crippen LogP contribution in [0.1, 0.15) is 18.7 Å². The second-order valence-electron chi connectivity index (χ2n) is 4.69. The number of anilines is 2. The number of halogens is 3. The van der Waals surface area contributed by atoms with Crippen LogP contribution in [0.3, 0.4) is 0 Å². The lowest BCUT2D eigenvalue weighted by Crippen LogP contribution is -2.42. The van der Waals surface area contributed by atoms with Crippen LogP contribution in [0.4, 0.5) is 24.8 Å². The van der Waals surface area contributed by atoms with Crippen LogP contribution < -0.4 is 11.1 Å². The normalized spacial score (nSPS) is 18.8. The van der Waals surface area contributed by atoms with Gasteiger partial charge in [-0.2, -0.15) is 13.2 Å². The molecule has 0 aromatic carbocycles. The first kappa shape index (κ1) is 14.8. The van der Waals surface area contributed by atoms with Crippen LogP contribution in [-0.2, 0) is 10.9 Å². The Morgan fingerprint density at radius 3 is 2.60 bits per heavy atom. The molecule has 9 heteroatoms. The first-order valence-corrected chi connectivity index (χ1v) is 6.04. The summed E-state index contributed by atoms with van der Waals surface area (Å²) in [7, 11) is 0. The van der Waals surface area contributed by atoms with Crippen LogP contribution in [0.5, 0.6) is 0 Å². The molecule has 4 N–H and O–H groups in total. The summed E-state index contributed by atoms with van der Waals surface area (Å²) in [4.78, 5) is 6.49. The van der Waals surface area contributed by atoms with Crippen molar-refractivity contribution in [2.24, 2.45) is 0 Å². The minimum absolute atomic E-state index is 0.0651. The van der Waals surface area contributed by atoms with Gasteiger partial charge in [0.25, 0.3) is 0 Å². The lowest BCUT2D eigenvalue weighted by atomic mass is 9.94. The Hall–Kier alpha value is -1.61. The van der Waals surface area contributed by atoms with Gasteiger partial charge in [0.1, 0.15) is 11.6 Å². The molecule has 6 nitrogen and oxygen atoms in total. The Bertz CT molecular complexity index is 475. The number of nitrogens with one attached hydrogen (secondary N) is 1. The van der Waals surface area contributed by atoms with E-state index >= 15 is 0 Å². The average molecular weight is 292 g/mol. The van der Waals surface area contributed by atoms with Crippen molar-refractivity contribution < 1.29 is 23.0 Å². The molecule has 0 spiro atoms. The van der Waals surface area contributed by atoms with E-state index in [0.717, 1.165) is 0 Å². The fourth-order valence-electron chi connectivity index (χ4n) is 1.87. The highest BCUT2D eigenvalue weighted by Gasteiger charge is 2.35. The van der Waals surface area contributed by atoms with Crippen LogP contribution in [0.2, 0.25) is 0 Å². The third kappa shape index (κ3) is 3.70. The molecular weight excluding hydrogens is 277 g/mol. The molecule has 0 saturated carbocycles. The molecule has 20 heavy (non-hydrogen) atoms. The van der Waals surface area contributed by atoms with Crippen molar-refractivity contribution in [2.45, 2.75) is 24.6 Å². The van der Waals surface area contributed by atoms with Crippen molar-refractivity contribution in [1.82, 2.24) is 9.97 Å². The molecule has 0 amide bonds. The molecule has 1 fully saturated rings. The molecule has 2 rings (SSSR count). The molecule has 0 unspecified atom stereocenters. The highest BCUT2D eigenvalue weighted by molar-refractivity contribution is 5.45. The van der Waals surface area contributed by atoms with Gasteiger partial charge in [-0.05, 0) is 0 Å². The molecular formula is C11H15F3N4O2. The second kappa shape index (κ2) is 5.41. The Morgan fingerprint density at radius 2 is 2.00 bits per heavy atom. The largest absolute Gasteiger partial charge is 0.451 e. The Balaban J connectivity index is 2.07. The monoisotopic (exact) mass is 292 g/mol. The number of rotatable bonds is 3. The maximum absolute atomic E-state index is 12.5. The van der Waals surface area contributed by atoms with E-state index in [0.29, 0.717) is 26.1 Å². The summed E-state index contributed by atoms with van der Waals surface area (Å²) in [5, 5.41) is 12.9. The number of nitrogens with zero attached hydrogens (tertiary/aromatic N) is 2. The standard InChI is InChI=1S/C11H15F3N4O2/c12-11(13,14)9-17-7(15)5-8(18-9)16-6-10(19)1-3-20-4-2-10/h5,19H,1-4,6H2,(H3,15,16,17,18). The Labute approximate surface area is 113 Å². The van der Waals surface area contributed by atoms with E-state index in [1.807, 2.05) is 0 Å². The molecule has 1 saturated heterocycles. The minimum Gasteiger partial charge on any atom is -0.388 e. The van der Waals surface area contributed by atoms with Gasteiger partial charge in [-0.25, -0.2) is 9.97 Å². The number of nitrogen functional groups attached to an aromatic ring is 1. The van der Waals surface area contributed by atoms with Crippen LogP contribution >= 0.6 is 0 Å². The van der Waals surface area contributed by atoms with Crippen molar-refractivity contribution in [3.8, 4) is 0 Å². The number of aromatic nitrogens is 2. The summed E-state index contributed by atoms with van der Waals surface area (Å²) in [5.74, 6) is -1.66. The number of aliphatic hydroxyl groups is 1. The summed E-state index contributed by atoms with van der Waals surface area (Å²) in [6.45, 7) is 0.903. The molecule has 0 bridgehead atoms. The van der Waals surface area contributed by atoms with Crippen molar-refractivity contribution in [2.75, 3.05) is 30.8 Å². The summed E-state index contributed by atoms with van der Waals surface area (Å²) in [6.07, 6.45) is -3.85. The van der Waals surface area contributed by atoms with Gasteiger partial charge in [0.15, 0.2) is 0 Å². The summed E-state index contributed by atoms with van der Waals surface area (Å²) in [6, 6.07) is 1.19. The lowest BCUT2D eigenvalue weighted by Gasteiger charge is -2.32. The van der Waals surface area contributed by atoms with Crippen molar-refractivity contribution in [1.29, 1.82) is 0 Å². The molecule has 2 heterocycles. The molecule has 1 aromatic heterocycles. The van der Waals surface area contributed by atoms with Crippen LogP contribution in [-0.4, -0.2) is 40.4 Å². The first-order chi connectivity index (χ1) is 9.28. The smallest absolute Gasteiger partial charge is 0.388 e. The maximum Gasteiger partial charge on any atom is 0.451 e. The Morgan fingerprint density at radius 1 is 1.35 bits per heavy atom. The number of hydrogen-bond donors (Lipinski definition) is 3. The van der Waals surface area contributed by atoms with Crippen LogP contribution in [0, 0.1) is 0 Å². The maximum atomic E-state index is 12.5. The van der Waals surface area contributed by atoms with Crippen LogP contribution in [0.25, 0.3) is 0 Å². The third-order valence-electron chi connectivity index (χ3n) is 3.02. The predicted molar refractivity (Wildman–Crippen MR) is 64.9 cm³/mol. The molecule has 112 valence electrons. The van der Waals surface area contributed by atoms with E-state index in [1.54, 1.807) is 0 Å². The number of hydrogen-bond acceptors (Lipinski definition) is 6. The van der Waals surface area contributed by atoms with Crippen molar-refractivity contribution >= 4 is 11.6 Å². The minimum atomic E-state index is -4.67. The van der Waals surface area contributed by atoms with Gasteiger partial charge in [0.2, 0.25) is 5.82 Å². The molecule has 1 aliphatic heterocycles. The van der Waals surface area contributed by atoms with Gasteiger partial charge in [-0.3, -0.25) is 0 Å². The third-order valence-corrected chi connectivity index (χ3v) is 3.02. The van der Waals surface area contributed by atoms with Gasteiger partial charge in [-0.1, -0.05) is 0 Å². The van der Waals surface area contributed by atoms with Crippen molar-refractivity contribution in [3.05, 3.63) is 11.9 Å². The average Bonchev–Trinajstić information content (AvgIpc) is 2.36. The van der Waals surface area contributed by atoms with Gasteiger partial charge in [-0.15, -0.1) is 0 Å². The van der Waals surface area contributed by atoms with Gasteiger partial charge >= 0.3 is 6.18 Å². The molecule has 1 aromatic rings. The van der Waals surface area contributed by atoms with Crippen LogP contribution in [0.15, 0.2) is 6.07 Å². The quantitative estimate of drug-likeness (QED) is 0.770. The van der Waals surface area contributed by atoms with E-state index in [-0.39, 0.29) is 18.2 Å². The summed E-state index contributed by atoms with van der Waals surface area (Å²) >= 11 is 0. The number of ether oxygens (including phenoxy) is 1. The second-order valence-corrected chi connectivity index (χ2v) is 4.69. The lowest BCUT2D eigenvalue weighted by molar-refractivity contribution is -0.144. The molecule has 0 radical (unpaired) electrons. The van der Waals surface area contributed by atoms with E-state index in [9.17, 15) is 18.3 Å². The molecule has 0 aliphatic carbocycles. The Kier molecular flexibility index (Phi) is 4.00. The fraction of sp³-hybridized carbons (Fsp3) is 0.636. The topological polar surface area (TPSA) is 93.3 Å². The van der Waals surface area contributed by atoms with E-state index in [4.69, 9.17) is 10.5 Å². The predicted octanol–water partition coefficient (Wildman–Crippen LogP) is 1.03.